The lowest BCUT2D eigenvalue weighted by molar-refractivity contribution is 0.0495. The van der Waals surface area contributed by atoms with Crippen LogP contribution in [-0.4, -0.2) is 40.3 Å². The molecule has 2 atom stereocenters. The first-order valence-electron chi connectivity index (χ1n) is 9.64. The molecule has 2 aliphatic heterocycles. The average Bonchev–Trinajstić information content (AvgIpc) is 3.43. The van der Waals surface area contributed by atoms with Gasteiger partial charge in [0.1, 0.15) is 11.5 Å². The van der Waals surface area contributed by atoms with Gasteiger partial charge < -0.3 is 9.64 Å². The molecule has 1 N–H and O–H groups in total. The number of H-pyrrole nitrogens is 1. The normalized spacial score (nSPS) is 21.0. The molecule has 2 aromatic carbocycles. The molecule has 1 aromatic heterocycles. The lowest BCUT2D eigenvalue weighted by Crippen LogP contribution is -2.36. The number of nitrogens with one attached hydrogen (secondary N) is 1. The predicted octanol–water partition coefficient (Wildman–Crippen LogP) is 4.59. The first-order valence-corrected chi connectivity index (χ1v) is 10.0. The van der Waals surface area contributed by atoms with Crippen molar-refractivity contribution in [1.82, 2.24) is 15.1 Å². The molecule has 0 saturated carbocycles. The van der Waals surface area contributed by atoms with Crippen molar-refractivity contribution in [2.24, 2.45) is 0 Å². The fraction of sp³-hybridized carbons (Fsp3) is 0.273. The van der Waals surface area contributed by atoms with Crippen LogP contribution in [0.2, 0.25) is 5.02 Å². The highest BCUT2D eigenvalue weighted by Crippen LogP contribution is 2.43. The average molecular weight is 412 g/mol. The SMILES string of the molecule is O=C1c2[nH]nc(-c3ccc(Cl)cc3)c2C(c2cccc(F)c2)N1CC1CCCO1. The molecule has 0 bridgehead atoms. The lowest BCUT2D eigenvalue weighted by atomic mass is 9.96. The molecule has 1 fully saturated rings. The van der Waals surface area contributed by atoms with Crippen LogP contribution >= 0.6 is 11.6 Å². The molecule has 5 rings (SSSR count). The number of hydrogen-bond acceptors (Lipinski definition) is 3. The van der Waals surface area contributed by atoms with Crippen molar-refractivity contribution in [3.05, 3.63) is 76.2 Å². The Bertz CT molecular complexity index is 1060. The van der Waals surface area contributed by atoms with Gasteiger partial charge in [-0.1, -0.05) is 35.9 Å². The first-order chi connectivity index (χ1) is 14.1. The van der Waals surface area contributed by atoms with Gasteiger partial charge in [0, 0.05) is 29.3 Å². The van der Waals surface area contributed by atoms with Crippen LogP contribution in [0.3, 0.4) is 0 Å². The zero-order chi connectivity index (χ0) is 20.0. The number of aromatic amines is 1. The van der Waals surface area contributed by atoms with Gasteiger partial charge in [0.2, 0.25) is 0 Å². The second kappa shape index (κ2) is 7.28. The van der Waals surface area contributed by atoms with E-state index in [1.54, 1.807) is 23.1 Å². The molecule has 2 unspecified atom stereocenters. The highest BCUT2D eigenvalue weighted by molar-refractivity contribution is 6.30. The minimum atomic E-state index is -0.429. The number of ether oxygens (including phenoxy) is 1. The van der Waals surface area contributed by atoms with Gasteiger partial charge in [-0.2, -0.15) is 5.10 Å². The number of nitrogens with zero attached hydrogens (tertiary/aromatic N) is 2. The standard InChI is InChI=1S/C22H19ClFN3O2/c23-15-8-6-13(7-9-15)19-18-20(26-25-19)22(28)27(12-17-5-2-10-29-17)21(18)14-3-1-4-16(24)11-14/h1,3-4,6-9,11,17,21H,2,5,10,12H2,(H,25,26). The number of aromatic nitrogens is 2. The molecule has 148 valence electrons. The first kappa shape index (κ1) is 18.3. The van der Waals surface area contributed by atoms with Crippen LogP contribution in [0, 0.1) is 5.82 Å². The van der Waals surface area contributed by atoms with Gasteiger partial charge in [-0.05, 0) is 42.7 Å². The summed E-state index contributed by atoms with van der Waals surface area (Å²) in [5.74, 6) is -0.477. The van der Waals surface area contributed by atoms with Gasteiger partial charge >= 0.3 is 0 Å². The van der Waals surface area contributed by atoms with Gasteiger partial charge in [0.15, 0.2) is 0 Å². The summed E-state index contributed by atoms with van der Waals surface area (Å²) in [6, 6.07) is 13.3. The maximum Gasteiger partial charge on any atom is 0.273 e. The third kappa shape index (κ3) is 3.22. The van der Waals surface area contributed by atoms with E-state index >= 15 is 0 Å². The zero-order valence-electron chi connectivity index (χ0n) is 15.6. The molecule has 3 aromatic rings. The van der Waals surface area contributed by atoms with Gasteiger partial charge in [0.25, 0.3) is 5.91 Å². The smallest absolute Gasteiger partial charge is 0.273 e. The monoisotopic (exact) mass is 411 g/mol. The minimum absolute atomic E-state index is 0.00837. The summed E-state index contributed by atoms with van der Waals surface area (Å²) in [6.07, 6.45) is 1.89. The largest absolute Gasteiger partial charge is 0.376 e. The predicted molar refractivity (Wildman–Crippen MR) is 107 cm³/mol. The fourth-order valence-electron chi connectivity index (χ4n) is 4.24. The number of fused-ring (bicyclic) bond motifs is 1. The molecular weight excluding hydrogens is 393 g/mol. The van der Waals surface area contributed by atoms with Gasteiger partial charge in [-0.25, -0.2) is 4.39 Å². The van der Waals surface area contributed by atoms with Crippen molar-refractivity contribution in [3.63, 3.8) is 0 Å². The molecule has 7 heteroatoms. The van der Waals surface area contributed by atoms with Crippen LogP contribution in [0.25, 0.3) is 11.3 Å². The number of hydrogen-bond donors (Lipinski definition) is 1. The van der Waals surface area contributed by atoms with Crippen LogP contribution in [0.15, 0.2) is 48.5 Å². The van der Waals surface area contributed by atoms with Crippen LogP contribution in [-0.2, 0) is 4.74 Å². The summed E-state index contributed by atoms with van der Waals surface area (Å²) >= 11 is 6.03. The van der Waals surface area contributed by atoms with Crippen molar-refractivity contribution in [3.8, 4) is 11.3 Å². The van der Waals surface area contributed by atoms with Crippen LogP contribution in [0.1, 0.15) is 40.5 Å². The molecule has 29 heavy (non-hydrogen) atoms. The van der Waals surface area contributed by atoms with E-state index in [9.17, 15) is 9.18 Å². The molecule has 0 radical (unpaired) electrons. The van der Waals surface area contributed by atoms with E-state index in [1.807, 2.05) is 18.2 Å². The van der Waals surface area contributed by atoms with E-state index in [0.29, 0.717) is 35.1 Å². The number of halogens is 2. The summed E-state index contributed by atoms with van der Waals surface area (Å²) in [5, 5.41) is 7.95. The Morgan fingerprint density at radius 3 is 2.79 bits per heavy atom. The second-order valence-corrected chi connectivity index (χ2v) is 7.85. The Balaban J connectivity index is 1.62. The van der Waals surface area contributed by atoms with Crippen LogP contribution in [0.5, 0.6) is 0 Å². The summed E-state index contributed by atoms with van der Waals surface area (Å²) in [5.41, 5.74) is 3.45. The summed E-state index contributed by atoms with van der Waals surface area (Å²) in [7, 11) is 0. The van der Waals surface area contributed by atoms with E-state index in [2.05, 4.69) is 10.2 Å². The maximum atomic E-state index is 14.1. The third-order valence-electron chi connectivity index (χ3n) is 5.57. The highest BCUT2D eigenvalue weighted by atomic mass is 35.5. The minimum Gasteiger partial charge on any atom is -0.376 e. The van der Waals surface area contributed by atoms with E-state index < -0.39 is 6.04 Å². The van der Waals surface area contributed by atoms with Gasteiger partial charge in [-0.15, -0.1) is 0 Å². The van der Waals surface area contributed by atoms with Gasteiger partial charge in [0.05, 0.1) is 17.8 Å². The number of carbonyl (C=O) groups is 1. The molecule has 3 heterocycles. The fourth-order valence-corrected chi connectivity index (χ4v) is 4.37. The van der Waals surface area contributed by atoms with Crippen molar-refractivity contribution in [2.45, 2.75) is 25.0 Å². The molecule has 1 saturated heterocycles. The number of amides is 1. The second-order valence-electron chi connectivity index (χ2n) is 7.42. The summed E-state index contributed by atoms with van der Waals surface area (Å²) in [4.78, 5) is 15.0. The number of carbonyl (C=O) groups excluding carboxylic acids is 1. The number of rotatable bonds is 4. The molecular formula is C22H19ClFN3O2. The Labute approximate surface area is 172 Å². The maximum absolute atomic E-state index is 14.1. The van der Waals surface area contributed by atoms with Gasteiger partial charge in [-0.3, -0.25) is 9.89 Å². The lowest BCUT2D eigenvalue weighted by Gasteiger charge is -2.28. The van der Waals surface area contributed by atoms with E-state index in [-0.39, 0.29) is 17.8 Å². The quantitative estimate of drug-likeness (QED) is 0.683. The van der Waals surface area contributed by atoms with Crippen LogP contribution < -0.4 is 0 Å². The zero-order valence-corrected chi connectivity index (χ0v) is 16.3. The molecule has 0 spiro atoms. The molecule has 0 aliphatic carbocycles. The summed E-state index contributed by atoms with van der Waals surface area (Å²) in [6.45, 7) is 1.17. The van der Waals surface area contributed by atoms with Crippen molar-refractivity contribution in [2.75, 3.05) is 13.2 Å². The number of benzene rings is 2. The Kier molecular flexibility index (Phi) is 4.60. The Morgan fingerprint density at radius 1 is 1.24 bits per heavy atom. The molecule has 1 amide bonds. The Morgan fingerprint density at radius 2 is 2.07 bits per heavy atom. The van der Waals surface area contributed by atoms with Crippen molar-refractivity contribution >= 4 is 17.5 Å². The summed E-state index contributed by atoms with van der Waals surface area (Å²) < 4.78 is 19.8. The van der Waals surface area contributed by atoms with Crippen molar-refractivity contribution < 1.29 is 13.9 Å². The van der Waals surface area contributed by atoms with Crippen LogP contribution in [0.4, 0.5) is 4.39 Å². The molecule has 2 aliphatic rings. The van der Waals surface area contributed by atoms with E-state index in [0.717, 1.165) is 24.0 Å². The highest BCUT2D eigenvalue weighted by Gasteiger charge is 2.43. The third-order valence-corrected chi connectivity index (χ3v) is 5.82. The van der Waals surface area contributed by atoms with Crippen molar-refractivity contribution in [1.29, 1.82) is 0 Å². The van der Waals surface area contributed by atoms with E-state index in [1.165, 1.54) is 12.1 Å². The molecule has 5 nitrogen and oxygen atoms in total. The van der Waals surface area contributed by atoms with E-state index in [4.69, 9.17) is 16.3 Å². The Hall–Kier alpha value is -2.70. The topological polar surface area (TPSA) is 58.2 Å².